The number of benzene rings is 2. The van der Waals surface area contributed by atoms with Gasteiger partial charge in [0, 0.05) is 17.3 Å². The molecule has 2 aromatic carbocycles. The monoisotopic (exact) mass is 397 g/mol. The van der Waals surface area contributed by atoms with Gasteiger partial charge in [-0.2, -0.15) is 0 Å². The number of carbonyl (C=O) groups excluding carboxylic acids is 2. The molecule has 0 fully saturated rings. The first-order chi connectivity index (χ1) is 13.9. The van der Waals surface area contributed by atoms with Crippen LogP contribution in [0, 0.1) is 6.92 Å². The number of urea groups is 1. The standard InChI is InChI=1S/C23H31N3O3/c1-6-16(4)24-22(27)18-10-13-21(15(3)14-18)26-23(28)25-20(7-2)17-8-11-19(29-5)12-9-17/h8-14,16,20H,6-7H2,1-5H3,(H,24,27)(H2,25,26,28). The van der Waals surface area contributed by atoms with Crippen LogP contribution in [-0.4, -0.2) is 25.1 Å². The van der Waals surface area contributed by atoms with Crippen LogP contribution in [0.4, 0.5) is 10.5 Å². The number of carbonyl (C=O) groups is 2. The van der Waals surface area contributed by atoms with Crippen LogP contribution in [0.1, 0.15) is 61.1 Å². The van der Waals surface area contributed by atoms with Gasteiger partial charge in [0.2, 0.25) is 0 Å². The Labute approximate surface area is 173 Å². The first-order valence-corrected chi connectivity index (χ1v) is 10.0. The summed E-state index contributed by atoms with van der Waals surface area (Å²) in [6, 6.07) is 12.6. The maximum absolute atomic E-state index is 12.5. The van der Waals surface area contributed by atoms with Crippen molar-refractivity contribution < 1.29 is 14.3 Å². The summed E-state index contributed by atoms with van der Waals surface area (Å²) >= 11 is 0. The average Bonchev–Trinajstić information content (AvgIpc) is 2.73. The van der Waals surface area contributed by atoms with Crippen LogP contribution in [0.25, 0.3) is 0 Å². The van der Waals surface area contributed by atoms with Crippen molar-refractivity contribution in [2.24, 2.45) is 0 Å². The highest BCUT2D eigenvalue weighted by molar-refractivity contribution is 5.96. The van der Waals surface area contributed by atoms with Crippen molar-refractivity contribution in [3.63, 3.8) is 0 Å². The summed E-state index contributed by atoms with van der Waals surface area (Å²) in [5.74, 6) is 0.671. The van der Waals surface area contributed by atoms with Gasteiger partial charge < -0.3 is 20.7 Å². The van der Waals surface area contributed by atoms with Crippen molar-refractivity contribution in [1.29, 1.82) is 0 Å². The van der Waals surface area contributed by atoms with Crippen molar-refractivity contribution in [2.75, 3.05) is 12.4 Å². The number of hydrogen-bond donors (Lipinski definition) is 3. The maximum atomic E-state index is 12.5. The van der Waals surface area contributed by atoms with Crippen LogP contribution in [-0.2, 0) is 0 Å². The fourth-order valence-electron chi connectivity index (χ4n) is 2.93. The van der Waals surface area contributed by atoms with E-state index in [1.807, 2.05) is 52.0 Å². The molecule has 0 saturated carbocycles. The second-order valence-electron chi connectivity index (χ2n) is 7.14. The van der Waals surface area contributed by atoms with Gasteiger partial charge in [0.25, 0.3) is 5.91 Å². The number of rotatable bonds is 8. The molecule has 156 valence electrons. The van der Waals surface area contributed by atoms with Crippen LogP contribution < -0.4 is 20.7 Å². The second kappa shape index (κ2) is 10.5. The minimum absolute atomic E-state index is 0.107. The summed E-state index contributed by atoms with van der Waals surface area (Å²) in [6.45, 7) is 7.89. The van der Waals surface area contributed by atoms with Crippen LogP contribution in [0.2, 0.25) is 0 Å². The fourth-order valence-corrected chi connectivity index (χ4v) is 2.93. The third-order valence-electron chi connectivity index (χ3n) is 4.96. The van der Waals surface area contributed by atoms with Crippen LogP contribution in [0.3, 0.4) is 0 Å². The number of nitrogens with one attached hydrogen (secondary N) is 3. The molecule has 0 aromatic heterocycles. The lowest BCUT2D eigenvalue weighted by Gasteiger charge is -2.19. The van der Waals surface area contributed by atoms with Crippen molar-refractivity contribution in [1.82, 2.24) is 10.6 Å². The molecule has 3 N–H and O–H groups in total. The molecule has 3 amide bonds. The maximum Gasteiger partial charge on any atom is 0.319 e. The number of ether oxygens (including phenoxy) is 1. The quantitative estimate of drug-likeness (QED) is 0.598. The molecule has 6 heteroatoms. The van der Waals surface area contributed by atoms with Gasteiger partial charge in [-0.25, -0.2) is 4.79 Å². The molecular weight excluding hydrogens is 366 g/mol. The average molecular weight is 398 g/mol. The Kier molecular flexibility index (Phi) is 8.07. The molecule has 0 bridgehead atoms. The van der Waals surface area contributed by atoms with Gasteiger partial charge in [0.05, 0.1) is 13.2 Å². The lowest BCUT2D eigenvalue weighted by Crippen LogP contribution is -2.33. The third-order valence-corrected chi connectivity index (χ3v) is 4.96. The molecule has 0 saturated heterocycles. The normalized spacial score (nSPS) is 12.6. The van der Waals surface area contributed by atoms with E-state index in [4.69, 9.17) is 4.74 Å². The van der Waals surface area contributed by atoms with E-state index >= 15 is 0 Å². The Morgan fingerprint density at radius 3 is 2.24 bits per heavy atom. The molecule has 29 heavy (non-hydrogen) atoms. The summed E-state index contributed by atoms with van der Waals surface area (Å²) in [5, 5.41) is 8.82. The SMILES string of the molecule is CCC(C)NC(=O)c1ccc(NC(=O)NC(CC)c2ccc(OC)cc2)c(C)c1. The fraction of sp³-hybridized carbons (Fsp3) is 0.391. The van der Waals surface area contributed by atoms with Crippen molar-refractivity contribution in [3.8, 4) is 5.75 Å². The van der Waals surface area contributed by atoms with Gasteiger partial charge in [0.1, 0.15) is 5.75 Å². The number of amides is 3. The molecule has 0 spiro atoms. The lowest BCUT2D eigenvalue weighted by molar-refractivity contribution is 0.0939. The van der Waals surface area contributed by atoms with E-state index < -0.39 is 0 Å². The van der Waals surface area contributed by atoms with Gasteiger partial charge in [-0.3, -0.25) is 4.79 Å². The first kappa shape index (κ1) is 22.3. The largest absolute Gasteiger partial charge is 0.497 e. The van der Waals surface area contributed by atoms with Gasteiger partial charge in [-0.15, -0.1) is 0 Å². The highest BCUT2D eigenvalue weighted by Gasteiger charge is 2.15. The molecule has 2 rings (SSSR count). The predicted molar refractivity (Wildman–Crippen MR) is 117 cm³/mol. The molecule has 0 aliphatic heterocycles. The molecule has 6 nitrogen and oxygen atoms in total. The van der Waals surface area contributed by atoms with E-state index in [1.54, 1.807) is 25.3 Å². The molecular formula is C23H31N3O3. The van der Waals surface area contributed by atoms with Crippen LogP contribution in [0.5, 0.6) is 5.75 Å². The third kappa shape index (κ3) is 6.24. The molecule has 0 aliphatic carbocycles. The van der Waals surface area contributed by atoms with Gasteiger partial charge >= 0.3 is 6.03 Å². The zero-order valence-electron chi connectivity index (χ0n) is 17.8. The summed E-state index contributed by atoms with van der Waals surface area (Å²) in [7, 11) is 1.62. The van der Waals surface area contributed by atoms with Crippen molar-refractivity contribution in [3.05, 3.63) is 59.2 Å². The van der Waals surface area contributed by atoms with Gasteiger partial charge in [-0.05, 0) is 68.1 Å². The minimum atomic E-state index is -0.285. The number of aryl methyl sites for hydroxylation is 1. The Morgan fingerprint density at radius 1 is 1.00 bits per heavy atom. The molecule has 0 aliphatic rings. The molecule has 2 atom stereocenters. The molecule has 0 heterocycles. The zero-order chi connectivity index (χ0) is 21.4. The number of methoxy groups -OCH3 is 1. The summed E-state index contributed by atoms with van der Waals surface area (Å²) < 4.78 is 5.18. The Hall–Kier alpha value is -3.02. The topological polar surface area (TPSA) is 79.5 Å². The van der Waals surface area contributed by atoms with E-state index in [9.17, 15) is 9.59 Å². The zero-order valence-corrected chi connectivity index (χ0v) is 17.8. The Balaban J connectivity index is 2.02. The summed E-state index contributed by atoms with van der Waals surface area (Å²) in [4.78, 5) is 24.8. The Bertz CT molecular complexity index is 834. The van der Waals surface area contributed by atoms with E-state index in [2.05, 4.69) is 16.0 Å². The minimum Gasteiger partial charge on any atom is -0.497 e. The highest BCUT2D eigenvalue weighted by atomic mass is 16.5. The molecule has 2 aromatic rings. The van der Waals surface area contributed by atoms with Crippen molar-refractivity contribution >= 4 is 17.6 Å². The lowest BCUT2D eigenvalue weighted by atomic mass is 10.0. The smallest absolute Gasteiger partial charge is 0.319 e. The van der Waals surface area contributed by atoms with Crippen molar-refractivity contribution in [2.45, 2.75) is 52.6 Å². The summed E-state index contributed by atoms with van der Waals surface area (Å²) in [6.07, 6.45) is 1.63. The number of anilines is 1. The van der Waals surface area contributed by atoms with E-state index in [0.29, 0.717) is 11.3 Å². The van der Waals surface area contributed by atoms with Crippen LogP contribution >= 0.6 is 0 Å². The number of hydrogen-bond acceptors (Lipinski definition) is 3. The van der Waals surface area contributed by atoms with E-state index in [0.717, 1.165) is 29.7 Å². The first-order valence-electron chi connectivity index (χ1n) is 10.0. The molecule has 0 radical (unpaired) electrons. The highest BCUT2D eigenvalue weighted by Crippen LogP contribution is 2.21. The van der Waals surface area contributed by atoms with Gasteiger partial charge in [0.15, 0.2) is 0 Å². The molecule has 2 unspecified atom stereocenters. The van der Waals surface area contributed by atoms with Crippen LogP contribution in [0.15, 0.2) is 42.5 Å². The predicted octanol–water partition coefficient (Wildman–Crippen LogP) is 4.80. The Morgan fingerprint density at radius 2 is 1.69 bits per heavy atom. The van der Waals surface area contributed by atoms with E-state index in [-0.39, 0.29) is 24.0 Å². The summed E-state index contributed by atoms with van der Waals surface area (Å²) in [5.41, 5.74) is 3.09. The second-order valence-corrected chi connectivity index (χ2v) is 7.14. The van der Waals surface area contributed by atoms with Gasteiger partial charge in [-0.1, -0.05) is 26.0 Å². The van der Waals surface area contributed by atoms with E-state index in [1.165, 1.54) is 0 Å².